The van der Waals surface area contributed by atoms with Crippen LogP contribution in [0.1, 0.15) is 30.8 Å². The Labute approximate surface area is 146 Å². The van der Waals surface area contributed by atoms with Crippen LogP contribution in [-0.2, 0) is 17.6 Å². The van der Waals surface area contributed by atoms with Crippen molar-refractivity contribution in [2.24, 2.45) is 5.92 Å². The zero-order valence-electron chi connectivity index (χ0n) is 14.2. The molecular weight excluding hydrogens is 314 g/mol. The number of nitrogens with zero attached hydrogens (tertiary/aromatic N) is 3. The van der Waals surface area contributed by atoms with Crippen molar-refractivity contribution in [3.8, 4) is 0 Å². The van der Waals surface area contributed by atoms with Gasteiger partial charge in [0.25, 0.3) is 0 Å². The van der Waals surface area contributed by atoms with Gasteiger partial charge in [-0.2, -0.15) is 5.10 Å². The van der Waals surface area contributed by atoms with Gasteiger partial charge in [-0.15, -0.1) is 0 Å². The summed E-state index contributed by atoms with van der Waals surface area (Å²) >= 11 is 0. The summed E-state index contributed by atoms with van der Waals surface area (Å²) in [4.78, 5) is 22.5. The summed E-state index contributed by atoms with van der Waals surface area (Å²) in [5, 5.41) is 7.03. The molecule has 130 valence electrons. The molecule has 4 rings (SSSR count). The van der Waals surface area contributed by atoms with Crippen LogP contribution in [0.15, 0.2) is 36.5 Å². The molecular formula is C19H23N5O. The van der Waals surface area contributed by atoms with Crippen LogP contribution >= 0.6 is 0 Å². The number of carbonyl (C=O) groups excluding carboxylic acids is 1. The smallest absolute Gasteiger partial charge is 0.223 e. The van der Waals surface area contributed by atoms with Crippen LogP contribution in [0, 0.1) is 5.92 Å². The van der Waals surface area contributed by atoms with Gasteiger partial charge in [-0.05, 0) is 43.4 Å². The maximum Gasteiger partial charge on any atom is 0.223 e. The number of H-pyrrole nitrogens is 2. The number of aromatic nitrogens is 4. The van der Waals surface area contributed by atoms with Crippen LogP contribution in [0.5, 0.6) is 0 Å². The highest BCUT2D eigenvalue weighted by Crippen LogP contribution is 2.21. The monoisotopic (exact) mass is 337 g/mol. The number of piperidine rings is 1. The first-order chi connectivity index (χ1) is 12.3. The number of fused-ring (bicyclic) bond motifs is 1. The SMILES string of the molecule is O=C(CCc1nc2ccccc2[nH]1)N1CCC[C@H](Cc2ccn[nH]2)C1. The van der Waals surface area contributed by atoms with E-state index >= 15 is 0 Å². The minimum Gasteiger partial charge on any atom is -0.342 e. The molecule has 0 unspecified atom stereocenters. The van der Waals surface area contributed by atoms with Gasteiger partial charge in [0.1, 0.15) is 5.82 Å². The molecule has 6 nitrogen and oxygen atoms in total. The van der Waals surface area contributed by atoms with Gasteiger partial charge in [0.05, 0.1) is 11.0 Å². The second kappa shape index (κ2) is 7.09. The van der Waals surface area contributed by atoms with Gasteiger partial charge < -0.3 is 9.88 Å². The minimum absolute atomic E-state index is 0.231. The predicted molar refractivity (Wildman–Crippen MR) is 96.0 cm³/mol. The van der Waals surface area contributed by atoms with Crippen molar-refractivity contribution < 1.29 is 4.79 Å². The van der Waals surface area contributed by atoms with Gasteiger partial charge in [-0.25, -0.2) is 4.98 Å². The molecule has 3 aromatic rings. The van der Waals surface area contributed by atoms with Crippen LogP contribution in [0.25, 0.3) is 11.0 Å². The zero-order chi connectivity index (χ0) is 17.1. The zero-order valence-corrected chi connectivity index (χ0v) is 14.2. The summed E-state index contributed by atoms with van der Waals surface area (Å²) in [6.45, 7) is 1.72. The highest BCUT2D eigenvalue weighted by molar-refractivity contribution is 5.77. The largest absolute Gasteiger partial charge is 0.342 e. The molecule has 1 aromatic carbocycles. The van der Waals surface area contributed by atoms with Crippen molar-refractivity contribution >= 4 is 16.9 Å². The van der Waals surface area contributed by atoms with Crippen LogP contribution < -0.4 is 0 Å². The summed E-state index contributed by atoms with van der Waals surface area (Å²) in [5.41, 5.74) is 3.15. The summed E-state index contributed by atoms with van der Waals surface area (Å²) in [6.07, 6.45) is 6.18. The van der Waals surface area contributed by atoms with Gasteiger partial charge in [0.15, 0.2) is 0 Å². The maximum atomic E-state index is 12.6. The van der Waals surface area contributed by atoms with Crippen LogP contribution in [-0.4, -0.2) is 44.1 Å². The molecule has 0 bridgehead atoms. The summed E-state index contributed by atoms with van der Waals surface area (Å²) in [5.74, 6) is 1.64. The number of rotatable bonds is 5. The number of likely N-dealkylation sites (tertiary alicyclic amines) is 1. The molecule has 0 saturated carbocycles. The van der Waals surface area contributed by atoms with Gasteiger partial charge in [-0.3, -0.25) is 9.89 Å². The first-order valence-electron chi connectivity index (χ1n) is 8.97. The van der Waals surface area contributed by atoms with Gasteiger partial charge in [-0.1, -0.05) is 12.1 Å². The molecule has 0 radical (unpaired) electrons. The molecule has 1 aliphatic heterocycles. The molecule has 1 atom stereocenters. The lowest BCUT2D eigenvalue weighted by atomic mass is 9.93. The first-order valence-corrected chi connectivity index (χ1v) is 8.97. The topological polar surface area (TPSA) is 77.7 Å². The Kier molecular flexibility index (Phi) is 4.50. The second-order valence-corrected chi connectivity index (χ2v) is 6.83. The fourth-order valence-corrected chi connectivity index (χ4v) is 3.68. The Balaban J connectivity index is 1.32. The average molecular weight is 337 g/mol. The van der Waals surface area contributed by atoms with Crippen molar-refractivity contribution in [3.63, 3.8) is 0 Å². The number of imidazole rings is 1. The van der Waals surface area contributed by atoms with E-state index in [1.165, 1.54) is 6.42 Å². The Hall–Kier alpha value is -2.63. The molecule has 1 fully saturated rings. The van der Waals surface area contributed by atoms with E-state index in [1.807, 2.05) is 35.2 Å². The number of amides is 1. The lowest BCUT2D eigenvalue weighted by Crippen LogP contribution is -2.40. The molecule has 2 N–H and O–H groups in total. The first kappa shape index (κ1) is 15.9. The van der Waals surface area contributed by atoms with E-state index in [0.29, 0.717) is 18.8 Å². The number of benzene rings is 1. The summed E-state index contributed by atoms with van der Waals surface area (Å²) in [6, 6.07) is 9.98. The van der Waals surface area contributed by atoms with E-state index in [0.717, 1.165) is 48.5 Å². The van der Waals surface area contributed by atoms with E-state index < -0.39 is 0 Å². The van der Waals surface area contributed by atoms with E-state index in [-0.39, 0.29) is 5.91 Å². The Morgan fingerprint density at radius 2 is 2.20 bits per heavy atom. The standard InChI is InChI=1S/C19H23N5O/c25-19(8-7-18-21-16-5-1-2-6-17(16)22-18)24-11-3-4-14(13-24)12-15-9-10-20-23-15/h1-2,5-6,9-10,14H,3-4,7-8,11-13H2,(H,20,23)(H,21,22)/t14-/m1/s1. The molecule has 1 aliphatic rings. The number of hydrogen-bond acceptors (Lipinski definition) is 3. The molecule has 1 amide bonds. The maximum absolute atomic E-state index is 12.6. The quantitative estimate of drug-likeness (QED) is 0.751. The fraction of sp³-hybridized carbons (Fsp3) is 0.421. The molecule has 1 saturated heterocycles. The molecule has 3 heterocycles. The van der Waals surface area contributed by atoms with Gasteiger partial charge in [0, 0.05) is 37.8 Å². The Morgan fingerprint density at radius 1 is 1.28 bits per heavy atom. The number of hydrogen-bond donors (Lipinski definition) is 2. The van der Waals surface area contributed by atoms with E-state index in [1.54, 1.807) is 6.20 Å². The van der Waals surface area contributed by atoms with Crippen molar-refractivity contribution in [1.29, 1.82) is 0 Å². The normalized spacial score (nSPS) is 17.9. The average Bonchev–Trinajstić information content (AvgIpc) is 3.29. The highest BCUT2D eigenvalue weighted by Gasteiger charge is 2.24. The summed E-state index contributed by atoms with van der Waals surface area (Å²) in [7, 11) is 0. The Morgan fingerprint density at radius 3 is 3.04 bits per heavy atom. The van der Waals surface area contributed by atoms with Crippen LogP contribution in [0.4, 0.5) is 0 Å². The molecule has 0 aliphatic carbocycles. The van der Waals surface area contributed by atoms with Crippen LogP contribution in [0.2, 0.25) is 0 Å². The third kappa shape index (κ3) is 3.73. The number of aromatic amines is 2. The van der Waals surface area contributed by atoms with Crippen molar-refractivity contribution in [2.45, 2.75) is 32.1 Å². The lowest BCUT2D eigenvalue weighted by Gasteiger charge is -2.32. The molecule has 25 heavy (non-hydrogen) atoms. The second-order valence-electron chi connectivity index (χ2n) is 6.83. The van der Waals surface area contributed by atoms with Crippen molar-refractivity contribution in [1.82, 2.24) is 25.1 Å². The highest BCUT2D eigenvalue weighted by atomic mass is 16.2. The van der Waals surface area contributed by atoms with Gasteiger partial charge >= 0.3 is 0 Å². The van der Waals surface area contributed by atoms with Crippen molar-refractivity contribution in [2.75, 3.05) is 13.1 Å². The fourth-order valence-electron chi connectivity index (χ4n) is 3.68. The van der Waals surface area contributed by atoms with Gasteiger partial charge in [0.2, 0.25) is 5.91 Å². The number of nitrogens with one attached hydrogen (secondary N) is 2. The third-order valence-electron chi connectivity index (χ3n) is 4.95. The summed E-state index contributed by atoms with van der Waals surface area (Å²) < 4.78 is 0. The lowest BCUT2D eigenvalue weighted by molar-refractivity contribution is -0.133. The number of para-hydroxylation sites is 2. The molecule has 0 spiro atoms. The van der Waals surface area contributed by atoms with E-state index in [2.05, 4.69) is 20.2 Å². The molecule has 6 heteroatoms. The van der Waals surface area contributed by atoms with Crippen LogP contribution in [0.3, 0.4) is 0 Å². The third-order valence-corrected chi connectivity index (χ3v) is 4.95. The molecule has 2 aromatic heterocycles. The Bertz CT molecular complexity index is 806. The number of aryl methyl sites for hydroxylation is 1. The van der Waals surface area contributed by atoms with Crippen molar-refractivity contribution in [3.05, 3.63) is 48.0 Å². The number of carbonyl (C=O) groups is 1. The predicted octanol–water partition coefficient (Wildman–Crippen LogP) is 2.70. The van der Waals surface area contributed by atoms with E-state index in [9.17, 15) is 4.79 Å². The van der Waals surface area contributed by atoms with E-state index in [4.69, 9.17) is 0 Å². The minimum atomic E-state index is 0.231.